The van der Waals surface area contributed by atoms with Gasteiger partial charge in [0.25, 0.3) is 0 Å². The van der Waals surface area contributed by atoms with Crippen molar-refractivity contribution in [1.82, 2.24) is 5.32 Å². The Bertz CT molecular complexity index is 381. The standard InChI is InChI=1S/C19H31N/c1-4-7-16-10-12-17(13-11-16)19(20-3)18-9-6-8-15(5-2)14-18/h10-13,15,18-20H,4-9,14H2,1-3H3. The Kier molecular flexibility index (Phi) is 6.09. The Morgan fingerprint density at radius 1 is 1.15 bits per heavy atom. The van der Waals surface area contributed by atoms with E-state index in [1.165, 1.54) is 56.1 Å². The quantitative estimate of drug-likeness (QED) is 0.759. The summed E-state index contributed by atoms with van der Waals surface area (Å²) in [6, 6.07) is 9.88. The van der Waals surface area contributed by atoms with E-state index in [9.17, 15) is 0 Å². The van der Waals surface area contributed by atoms with Crippen LogP contribution in [0.1, 0.15) is 69.5 Å². The van der Waals surface area contributed by atoms with Gasteiger partial charge < -0.3 is 5.32 Å². The van der Waals surface area contributed by atoms with Crippen LogP contribution >= 0.6 is 0 Å². The van der Waals surface area contributed by atoms with Gasteiger partial charge in [-0.1, -0.05) is 63.8 Å². The second-order valence-electron chi connectivity index (χ2n) is 6.46. The molecule has 0 heterocycles. The van der Waals surface area contributed by atoms with E-state index < -0.39 is 0 Å². The zero-order chi connectivity index (χ0) is 14.4. The molecule has 1 nitrogen and oxygen atoms in total. The van der Waals surface area contributed by atoms with Gasteiger partial charge in [0.05, 0.1) is 0 Å². The number of rotatable bonds is 6. The predicted octanol–water partition coefficient (Wildman–Crippen LogP) is 5.12. The molecule has 0 aromatic heterocycles. The highest BCUT2D eigenvalue weighted by molar-refractivity contribution is 5.25. The van der Waals surface area contributed by atoms with Crippen molar-refractivity contribution in [1.29, 1.82) is 0 Å². The molecule has 0 saturated heterocycles. The minimum absolute atomic E-state index is 0.542. The van der Waals surface area contributed by atoms with Crippen LogP contribution in [0.25, 0.3) is 0 Å². The normalized spacial score (nSPS) is 24.6. The average molecular weight is 273 g/mol. The summed E-state index contributed by atoms with van der Waals surface area (Å²) in [5, 5.41) is 3.58. The predicted molar refractivity (Wildman–Crippen MR) is 88.0 cm³/mol. The van der Waals surface area contributed by atoms with E-state index >= 15 is 0 Å². The molecule has 3 unspecified atom stereocenters. The molecule has 20 heavy (non-hydrogen) atoms. The minimum atomic E-state index is 0.542. The first-order valence-electron chi connectivity index (χ1n) is 8.54. The van der Waals surface area contributed by atoms with Crippen LogP contribution in [0.5, 0.6) is 0 Å². The molecular weight excluding hydrogens is 242 g/mol. The highest BCUT2D eigenvalue weighted by Crippen LogP contribution is 2.38. The summed E-state index contributed by atoms with van der Waals surface area (Å²) in [4.78, 5) is 0. The Labute approximate surface area is 125 Å². The summed E-state index contributed by atoms with van der Waals surface area (Å²) >= 11 is 0. The lowest BCUT2D eigenvalue weighted by Crippen LogP contribution is -2.29. The fourth-order valence-electron chi connectivity index (χ4n) is 3.86. The molecule has 1 saturated carbocycles. The van der Waals surface area contributed by atoms with Crippen molar-refractivity contribution in [3.8, 4) is 0 Å². The van der Waals surface area contributed by atoms with Crippen molar-refractivity contribution >= 4 is 0 Å². The molecule has 3 atom stereocenters. The Morgan fingerprint density at radius 2 is 1.90 bits per heavy atom. The lowest BCUT2D eigenvalue weighted by atomic mass is 9.75. The highest BCUT2D eigenvalue weighted by Gasteiger charge is 2.27. The number of hydrogen-bond donors (Lipinski definition) is 1. The van der Waals surface area contributed by atoms with Crippen LogP contribution in [0, 0.1) is 11.8 Å². The average Bonchev–Trinajstić information content (AvgIpc) is 2.50. The molecule has 0 amide bonds. The van der Waals surface area contributed by atoms with E-state index in [0.717, 1.165) is 11.8 Å². The Hall–Kier alpha value is -0.820. The number of benzene rings is 1. The van der Waals surface area contributed by atoms with Gasteiger partial charge in [0.1, 0.15) is 0 Å². The van der Waals surface area contributed by atoms with Gasteiger partial charge >= 0.3 is 0 Å². The first kappa shape index (κ1) is 15.6. The second kappa shape index (κ2) is 7.83. The van der Waals surface area contributed by atoms with E-state index in [-0.39, 0.29) is 0 Å². The molecule has 1 heteroatoms. The fraction of sp³-hybridized carbons (Fsp3) is 0.684. The van der Waals surface area contributed by atoms with E-state index in [1.807, 2.05) is 0 Å². The van der Waals surface area contributed by atoms with Gasteiger partial charge in [-0.3, -0.25) is 0 Å². The summed E-state index contributed by atoms with van der Waals surface area (Å²) < 4.78 is 0. The van der Waals surface area contributed by atoms with Crippen molar-refractivity contribution in [2.45, 2.75) is 64.8 Å². The van der Waals surface area contributed by atoms with Crippen LogP contribution in [-0.4, -0.2) is 7.05 Å². The van der Waals surface area contributed by atoms with Gasteiger partial charge in [-0.05, 0) is 49.3 Å². The Balaban J connectivity index is 2.06. The van der Waals surface area contributed by atoms with Gasteiger partial charge in [0.2, 0.25) is 0 Å². The summed E-state index contributed by atoms with van der Waals surface area (Å²) in [6.07, 6.45) is 9.43. The molecule has 0 radical (unpaired) electrons. The summed E-state index contributed by atoms with van der Waals surface area (Å²) in [5.41, 5.74) is 2.95. The van der Waals surface area contributed by atoms with Crippen LogP contribution in [0.3, 0.4) is 0 Å². The number of nitrogens with one attached hydrogen (secondary N) is 1. The van der Waals surface area contributed by atoms with Crippen LogP contribution in [0.15, 0.2) is 24.3 Å². The van der Waals surface area contributed by atoms with E-state index in [2.05, 4.69) is 50.5 Å². The molecule has 1 aromatic carbocycles. The largest absolute Gasteiger partial charge is 0.313 e. The van der Waals surface area contributed by atoms with Crippen molar-refractivity contribution in [2.75, 3.05) is 7.05 Å². The second-order valence-corrected chi connectivity index (χ2v) is 6.46. The summed E-state index contributed by atoms with van der Waals surface area (Å²) in [7, 11) is 2.13. The van der Waals surface area contributed by atoms with Crippen LogP contribution in [0.4, 0.5) is 0 Å². The molecule has 2 rings (SSSR count). The zero-order valence-corrected chi connectivity index (χ0v) is 13.5. The zero-order valence-electron chi connectivity index (χ0n) is 13.5. The van der Waals surface area contributed by atoms with Crippen LogP contribution in [-0.2, 0) is 6.42 Å². The van der Waals surface area contributed by atoms with E-state index in [1.54, 1.807) is 0 Å². The van der Waals surface area contributed by atoms with E-state index in [0.29, 0.717) is 6.04 Å². The van der Waals surface area contributed by atoms with Gasteiger partial charge in [-0.25, -0.2) is 0 Å². The maximum atomic E-state index is 3.58. The molecule has 1 fully saturated rings. The maximum Gasteiger partial charge on any atom is 0.0346 e. The summed E-state index contributed by atoms with van der Waals surface area (Å²) in [6.45, 7) is 4.60. The third kappa shape index (κ3) is 3.85. The van der Waals surface area contributed by atoms with Gasteiger partial charge in [0.15, 0.2) is 0 Å². The minimum Gasteiger partial charge on any atom is -0.313 e. The van der Waals surface area contributed by atoms with Gasteiger partial charge in [0, 0.05) is 6.04 Å². The fourth-order valence-corrected chi connectivity index (χ4v) is 3.86. The molecule has 0 spiro atoms. The number of aryl methyl sites for hydroxylation is 1. The van der Waals surface area contributed by atoms with Crippen molar-refractivity contribution in [3.05, 3.63) is 35.4 Å². The molecule has 0 bridgehead atoms. The molecule has 1 aromatic rings. The molecule has 1 aliphatic carbocycles. The smallest absolute Gasteiger partial charge is 0.0346 e. The third-order valence-corrected chi connectivity index (χ3v) is 5.06. The van der Waals surface area contributed by atoms with Crippen LogP contribution < -0.4 is 5.32 Å². The highest BCUT2D eigenvalue weighted by atomic mass is 14.9. The first-order chi connectivity index (χ1) is 9.78. The lowest BCUT2D eigenvalue weighted by Gasteiger charge is -2.34. The maximum absolute atomic E-state index is 3.58. The Morgan fingerprint density at radius 3 is 2.50 bits per heavy atom. The van der Waals surface area contributed by atoms with Gasteiger partial charge in [-0.15, -0.1) is 0 Å². The van der Waals surface area contributed by atoms with Crippen molar-refractivity contribution in [2.24, 2.45) is 11.8 Å². The van der Waals surface area contributed by atoms with Crippen molar-refractivity contribution in [3.63, 3.8) is 0 Å². The van der Waals surface area contributed by atoms with Crippen molar-refractivity contribution < 1.29 is 0 Å². The molecule has 0 aliphatic heterocycles. The lowest BCUT2D eigenvalue weighted by molar-refractivity contribution is 0.214. The SMILES string of the molecule is CCCc1ccc(C(NC)C2CCCC(CC)C2)cc1. The molecule has 112 valence electrons. The first-order valence-corrected chi connectivity index (χ1v) is 8.54. The molecular formula is C19H31N. The van der Waals surface area contributed by atoms with Gasteiger partial charge in [-0.2, -0.15) is 0 Å². The van der Waals surface area contributed by atoms with E-state index in [4.69, 9.17) is 0 Å². The molecule has 1 aliphatic rings. The number of hydrogen-bond acceptors (Lipinski definition) is 1. The third-order valence-electron chi connectivity index (χ3n) is 5.06. The monoisotopic (exact) mass is 273 g/mol. The summed E-state index contributed by atoms with van der Waals surface area (Å²) in [5.74, 6) is 1.76. The molecule has 1 N–H and O–H groups in total. The topological polar surface area (TPSA) is 12.0 Å². The van der Waals surface area contributed by atoms with Crippen LogP contribution in [0.2, 0.25) is 0 Å².